The van der Waals surface area contributed by atoms with Crippen LogP contribution in [0.3, 0.4) is 0 Å². The minimum atomic E-state index is -1.94. The second-order valence-electron chi connectivity index (χ2n) is 18.6. The molecule has 2 aromatic heterocycles. The van der Waals surface area contributed by atoms with Crippen molar-refractivity contribution in [2.75, 3.05) is 22.7 Å². The van der Waals surface area contributed by atoms with Crippen LogP contribution in [0.4, 0.5) is 21.9 Å². The van der Waals surface area contributed by atoms with Crippen LogP contribution >= 0.6 is 0 Å². The highest BCUT2D eigenvalue weighted by Gasteiger charge is 2.39. The number of aryl methyl sites for hydroxylation is 2. The first-order valence-electron chi connectivity index (χ1n) is 23.0. The maximum atomic E-state index is 14.6. The number of aromatic amines is 1. The maximum Gasteiger partial charge on any atom is 0.415 e. The summed E-state index contributed by atoms with van der Waals surface area (Å²) in [5.41, 5.74) is 3.97. The zero-order valence-electron chi connectivity index (χ0n) is 37.0. The van der Waals surface area contributed by atoms with E-state index in [0.29, 0.717) is 28.7 Å². The number of piperidine rings is 1. The quantitative estimate of drug-likeness (QED) is 0.112. The van der Waals surface area contributed by atoms with Gasteiger partial charge in [-0.25, -0.2) is 23.9 Å². The number of esters is 1. The molecule has 3 unspecified atom stereocenters. The molecule has 2 aromatic carbocycles. The normalized spacial score (nSPS) is 23.1. The Morgan fingerprint density at radius 1 is 0.887 bits per heavy atom. The molecule has 62 heavy (non-hydrogen) atoms. The molecule has 4 aliphatic rings. The first kappa shape index (κ1) is 43.6. The number of amides is 1. The molecule has 3 atom stereocenters. The van der Waals surface area contributed by atoms with E-state index in [1.54, 1.807) is 0 Å². The van der Waals surface area contributed by atoms with Gasteiger partial charge in [0.15, 0.2) is 11.5 Å². The molecule has 13 nitrogen and oxygen atoms in total. The van der Waals surface area contributed by atoms with E-state index in [2.05, 4.69) is 40.3 Å². The molecule has 3 aliphatic carbocycles. The van der Waals surface area contributed by atoms with Gasteiger partial charge in [0, 0.05) is 30.7 Å². The number of carbonyl (C=O) groups excluding carboxylic acids is 2. The molecule has 0 radical (unpaired) electrons. The van der Waals surface area contributed by atoms with E-state index in [1.165, 1.54) is 4.52 Å². The minimum absolute atomic E-state index is 0.0310. The lowest BCUT2D eigenvalue weighted by Crippen LogP contribution is -2.50. The number of H-pyrrole nitrogens is 1. The van der Waals surface area contributed by atoms with Crippen LogP contribution in [0.1, 0.15) is 139 Å². The number of rotatable bonds is 11. The number of nitrogens with one attached hydrogen (secondary N) is 2. The number of anilines is 2. The van der Waals surface area contributed by atoms with Crippen molar-refractivity contribution in [3.8, 4) is 23.0 Å². The average Bonchev–Trinajstić information content (AvgIpc) is 3.82. The Morgan fingerprint density at radius 2 is 1.53 bits per heavy atom. The van der Waals surface area contributed by atoms with E-state index < -0.39 is 23.3 Å². The molecule has 14 heteroatoms. The van der Waals surface area contributed by atoms with Crippen molar-refractivity contribution in [2.45, 2.75) is 149 Å². The van der Waals surface area contributed by atoms with Crippen LogP contribution in [-0.2, 0) is 16.0 Å². The third-order valence-electron chi connectivity index (χ3n) is 13.7. The number of carbonyl (C=O) groups is 2. The van der Waals surface area contributed by atoms with Crippen LogP contribution in [-0.4, -0.2) is 67.0 Å². The fraction of sp³-hybridized carbons (Fsp3) is 0.583. The summed E-state index contributed by atoms with van der Waals surface area (Å²) in [6, 6.07) is 11.7. The van der Waals surface area contributed by atoms with E-state index in [1.807, 2.05) is 55.1 Å². The van der Waals surface area contributed by atoms with Crippen molar-refractivity contribution in [1.82, 2.24) is 19.5 Å². The standard InChI is InChI=1S/C48H63N7O6S/c1-30-20-21-32(3)40(28-30)61-62(58)52-38-29-35(22-23-39(38)53-24-14-9-15-25-53)44-50-45-41(47(56)59-43-33(4)26-31(2)27-34(43)5)42(49-6)46(55(45)51-44)60-48(57)54(36-16-10-7-11-17-36)37-18-12-8-13-19-37/h20-23,28-29,31,33-34,36-37,43,52H,7-19,24-27H2,1-5H3,(H,50,51). The fourth-order valence-electron chi connectivity index (χ4n) is 10.7. The molecular weight excluding hydrogens is 803 g/mol. The van der Waals surface area contributed by atoms with Crippen LogP contribution in [0.5, 0.6) is 11.6 Å². The second kappa shape index (κ2) is 19.2. The highest BCUT2D eigenvalue weighted by molar-refractivity contribution is 7.82. The molecule has 4 fully saturated rings. The van der Waals surface area contributed by atoms with Crippen LogP contribution in [0.25, 0.3) is 21.9 Å². The summed E-state index contributed by atoms with van der Waals surface area (Å²) < 4.78 is 36.9. The van der Waals surface area contributed by atoms with Crippen molar-refractivity contribution in [1.29, 1.82) is 0 Å². The lowest BCUT2D eigenvalue weighted by atomic mass is 9.75. The first-order valence-corrected chi connectivity index (χ1v) is 24.1. The Balaban J connectivity index is 1.19. The number of benzene rings is 2. The fourth-order valence-corrected chi connectivity index (χ4v) is 11.4. The predicted octanol–water partition coefficient (Wildman–Crippen LogP) is 11.3. The number of aromatic nitrogens is 3. The van der Waals surface area contributed by atoms with Gasteiger partial charge in [0.2, 0.25) is 5.88 Å². The number of ether oxygens (including phenoxy) is 2. The van der Waals surface area contributed by atoms with E-state index in [4.69, 9.17) is 25.2 Å². The van der Waals surface area contributed by atoms with Gasteiger partial charge in [0.1, 0.15) is 17.4 Å². The molecule has 0 spiro atoms. The Bertz CT molecular complexity index is 2290. The summed E-state index contributed by atoms with van der Waals surface area (Å²) in [6.07, 6.45) is 14.4. The summed E-state index contributed by atoms with van der Waals surface area (Å²) in [5, 5.41) is 3.30. The Labute approximate surface area is 368 Å². The summed E-state index contributed by atoms with van der Waals surface area (Å²) in [7, 11) is 0. The summed E-state index contributed by atoms with van der Waals surface area (Å²) >= 11 is -1.94. The van der Waals surface area contributed by atoms with Gasteiger partial charge >= 0.3 is 23.3 Å². The maximum absolute atomic E-state index is 14.6. The lowest BCUT2D eigenvalue weighted by Gasteiger charge is -2.40. The lowest BCUT2D eigenvalue weighted by molar-refractivity contribution is -0.0249. The molecule has 8 rings (SSSR count). The molecule has 2 N–H and O–H groups in total. The van der Waals surface area contributed by atoms with Gasteiger partial charge < -0.3 is 23.5 Å². The third-order valence-corrected chi connectivity index (χ3v) is 14.5. The Morgan fingerprint density at radius 3 is 2.18 bits per heavy atom. The number of hydrogen-bond donors (Lipinski definition) is 2. The monoisotopic (exact) mass is 865 g/mol. The van der Waals surface area contributed by atoms with Gasteiger partial charge in [-0.3, -0.25) is 9.82 Å². The molecule has 4 aromatic rings. The number of fused-ring (bicyclic) bond motifs is 1. The van der Waals surface area contributed by atoms with E-state index in [-0.39, 0.29) is 52.8 Å². The SMILES string of the molecule is [C-]#[N+]c1c(C(=O)OC2C(C)CC(C)CC2C)c2nc(-c3ccc(N4CCCCC4)c(NS(=O)Oc4cc(C)ccc4C)c3)[nH]n2c1OC(=O)N(C1CCCCC1)C1CCCCC1. The Hall–Kier alpha value is -5.03. The third kappa shape index (κ3) is 9.33. The van der Waals surface area contributed by atoms with Crippen molar-refractivity contribution in [3.63, 3.8) is 0 Å². The highest BCUT2D eigenvalue weighted by Crippen LogP contribution is 2.43. The number of hydrogen-bond acceptors (Lipinski definition) is 8. The van der Waals surface area contributed by atoms with Crippen LogP contribution < -0.4 is 18.5 Å². The molecule has 1 aliphatic heterocycles. The van der Waals surface area contributed by atoms with Crippen LogP contribution in [0, 0.1) is 38.2 Å². The Kier molecular flexibility index (Phi) is 13.5. The van der Waals surface area contributed by atoms with Gasteiger partial charge in [-0.2, -0.15) is 4.21 Å². The van der Waals surface area contributed by atoms with Crippen LogP contribution in [0.15, 0.2) is 36.4 Å². The first-order chi connectivity index (χ1) is 30.0. The van der Waals surface area contributed by atoms with Crippen molar-refractivity contribution < 1.29 is 27.5 Å². The minimum Gasteiger partial charge on any atom is -0.459 e. The molecule has 3 heterocycles. The van der Waals surface area contributed by atoms with Crippen LogP contribution in [0.2, 0.25) is 0 Å². The van der Waals surface area contributed by atoms with Gasteiger partial charge in [-0.15, -0.1) is 0 Å². The smallest absolute Gasteiger partial charge is 0.415 e. The summed E-state index contributed by atoms with van der Waals surface area (Å²) in [4.78, 5) is 42.1. The van der Waals surface area contributed by atoms with E-state index >= 15 is 0 Å². The summed E-state index contributed by atoms with van der Waals surface area (Å²) in [5.74, 6) is 0.934. The van der Waals surface area contributed by atoms with Gasteiger partial charge in [0.05, 0.1) is 17.9 Å². The zero-order chi connectivity index (χ0) is 43.5. The average molecular weight is 866 g/mol. The summed E-state index contributed by atoms with van der Waals surface area (Å²) in [6.45, 7) is 20.4. The molecule has 0 bridgehead atoms. The van der Waals surface area contributed by atoms with Crippen molar-refractivity contribution in [2.24, 2.45) is 17.8 Å². The van der Waals surface area contributed by atoms with Gasteiger partial charge in [-0.1, -0.05) is 71.4 Å². The van der Waals surface area contributed by atoms with E-state index in [0.717, 1.165) is 126 Å². The molecule has 1 saturated heterocycles. The van der Waals surface area contributed by atoms with E-state index in [9.17, 15) is 13.8 Å². The van der Waals surface area contributed by atoms with Gasteiger partial charge in [0.25, 0.3) is 5.69 Å². The second-order valence-corrected chi connectivity index (χ2v) is 19.4. The van der Waals surface area contributed by atoms with Crippen molar-refractivity contribution in [3.05, 3.63) is 64.5 Å². The largest absolute Gasteiger partial charge is 0.459 e. The predicted molar refractivity (Wildman–Crippen MR) is 243 cm³/mol. The molecule has 332 valence electrons. The number of nitrogens with zero attached hydrogens (tertiary/aromatic N) is 5. The topological polar surface area (TPSA) is 135 Å². The zero-order valence-corrected chi connectivity index (χ0v) is 37.9. The van der Waals surface area contributed by atoms with Crippen molar-refractivity contribution >= 4 is 46.0 Å². The van der Waals surface area contributed by atoms with Gasteiger partial charge in [-0.05, 0) is 125 Å². The molecule has 3 saturated carbocycles. The molecule has 1 amide bonds. The highest BCUT2D eigenvalue weighted by atomic mass is 32.2. The molecular formula is C48H63N7O6S.